The van der Waals surface area contributed by atoms with Crippen molar-refractivity contribution in [2.24, 2.45) is 0 Å². The van der Waals surface area contributed by atoms with Crippen molar-refractivity contribution in [3.8, 4) is 0 Å². The summed E-state index contributed by atoms with van der Waals surface area (Å²) in [5.74, 6) is -3.02. The van der Waals surface area contributed by atoms with E-state index in [0.717, 1.165) is 4.90 Å². The second kappa shape index (κ2) is 8.75. The van der Waals surface area contributed by atoms with Crippen LogP contribution in [0.3, 0.4) is 0 Å². The average Bonchev–Trinajstić information content (AvgIpc) is 3.08. The molecule has 0 spiro atoms. The molecule has 2 aliphatic heterocycles. The summed E-state index contributed by atoms with van der Waals surface area (Å²) in [5.41, 5.74) is 0.586. The van der Waals surface area contributed by atoms with Gasteiger partial charge in [-0.15, -0.1) is 11.8 Å². The molecule has 0 aliphatic carbocycles. The summed E-state index contributed by atoms with van der Waals surface area (Å²) in [4.78, 5) is 58.7. The number of amides is 2. The van der Waals surface area contributed by atoms with Crippen LogP contribution in [0.1, 0.15) is 19.0 Å². The van der Waals surface area contributed by atoms with Crippen LogP contribution in [0.25, 0.3) is 0 Å². The summed E-state index contributed by atoms with van der Waals surface area (Å²) in [5, 5.41) is 26.1. The van der Waals surface area contributed by atoms with E-state index in [1.54, 1.807) is 6.92 Å². The van der Waals surface area contributed by atoms with Crippen molar-refractivity contribution in [1.82, 2.24) is 20.0 Å². The Morgan fingerprint density at radius 3 is 2.74 bits per heavy atom. The van der Waals surface area contributed by atoms with Gasteiger partial charge in [0.1, 0.15) is 23.7 Å². The van der Waals surface area contributed by atoms with Crippen molar-refractivity contribution < 1.29 is 33.9 Å². The second-order valence-corrected chi connectivity index (χ2v) is 7.97. The van der Waals surface area contributed by atoms with Gasteiger partial charge in [0.25, 0.3) is 5.91 Å². The molecule has 1 aromatic rings. The number of carbonyl (C=O) groups excluding carboxylic acids is 3. The molecule has 1 saturated heterocycles. The number of carbonyl (C=O) groups is 4. The largest absolute Gasteiger partial charge is 0.477 e. The lowest BCUT2D eigenvalue weighted by atomic mass is 10.0. The number of rotatable bonds is 8. The molecular weight excluding hydrogens is 434 g/mol. The zero-order chi connectivity index (χ0) is 22.9. The van der Waals surface area contributed by atoms with E-state index < -0.39 is 40.1 Å². The summed E-state index contributed by atoms with van der Waals surface area (Å²) in [6.45, 7) is 2.67. The number of fused-ring (bicyclic) bond motifs is 1. The lowest BCUT2D eigenvalue weighted by Crippen LogP contribution is -2.70. The van der Waals surface area contributed by atoms with E-state index in [0.29, 0.717) is 11.3 Å². The molecule has 3 rings (SSSR count). The molecule has 2 atom stereocenters. The van der Waals surface area contributed by atoms with E-state index in [2.05, 4.69) is 10.4 Å². The maximum Gasteiger partial charge on any atom is 0.390 e. The average molecular weight is 453 g/mol. The highest BCUT2D eigenvalue weighted by Gasteiger charge is 2.54. The first-order chi connectivity index (χ1) is 14.6. The number of ether oxygens (including phenoxy) is 1. The summed E-state index contributed by atoms with van der Waals surface area (Å²) in [6, 6.07) is 0.395. The molecular formula is C17H19N5O8S. The Bertz CT molecular complexity index is 1000. The van der Waals surface area contributed by atoms with Crippen molar-refractivity contribution in [2.75, 3.05) is 12.4 Å². The fourth-order valence-electron chi connectivity index (χ4n) is 3.24. The van der Waals surface area contributed by atoms with Crippen molar-refractivity contribution in [3.63, 3.8) is 0 Å². The third-order valence-corrected chi connectivity index (χ3v) is 6.06. The topological polar surface area (TPSA) is 174 Å². The maximum atomic E-state index is 12.5. The van der Waals surface area contributed by atoms with Crippen LogP contribution in [0, 0.1) is 17.0 Å². The van der Waals surface area contributed by atoms with Gasteiger partial charge in [-0.05, 0) is 11.8 Å². The number of hydrogen-bond acceptors (Lipinski definition) is 9. The molecule has 2 unspecified atom stereocenters. The number of carboxylic acids is 1. The minimum Gasteiger partial charge on any atom is -0.477 e. The Hall–Kier alpha value is -3.42. The van der Waals surface area contributed by atoms with Crippen LogP contribution < -0.4 is 5.32 Å². The molecule has 1 fully saturated rings. The number of carboxylic acid groups (broad SMARTS) is 1. The molecule has 2 aliphatic rings. The summed E-state index contributed by atoms with van der Waals surface area (Å²) < 4.78 is 6.19. The third kappa shape index (κ3) is 4.52. The smallest absolute Gasteiger partial charge is 0.390 e. The molecule has 0 saturated carbocycles. The first kappa shape index (κ1) is 22.3. The van der Waals surface area contributed by atoms with E-state index in [9.17, 15) is 34.4 Å². The highest BCUT2D eigenvalue weighted by molar-refractivity contribution is 8.00. The lowest BCUT2D eigenvalue weighted by molar-refractivity contribution is -0.389. The van der Waals surface area contributed by atoms with Crippen LogP contribution >= 0.6 is 11.8 Å². The minimum absolute atomic E-state index is 0.0693. The van der Waals surface area contributed by atoms with E-state index in [-0.39, 0.29) is 36.8 Å². The number of aliphatic carboxylic acids is 1. The highest BCUT2D eigenvalue weighted by Crippen LogP contribution is 2.40. The van der Waals surface area contributed by atoms with Crippen molar-refractivity contribution in [2.45, 2.75) is 38.2 Å². The molecule has 0 radical (unpaired) electrons. The lowest BCUT2D eigenvalue weighted by Gasteiger charge is -2.49. The summed E-state index contributed by atoms with van der Waals surface area (Å²) in [7, 11) is 0. The summed E-state index contributed by atoms with van der Waals surface area (Å²) in [6.07, 6.45) is -0.0693. The summed E-state index contributed by atoms with van der Waals surface area (Å²) >= 11 is 1.26. The molecule has 3 heterocycles. The van der Waals surface area contributed by atoms with Crippen molar-refractivity contribution in [1.29, 1.82) is 0 Å². The Labute approximate surface area is 179 Å². The highest BCUT2D eigenvalue weighted by atomic mass is 32.2. The maximum absolute atomic E-state index is 12.5. The molecule has 13 nitrogen and oxygen atoms in total. The molecule has 31 heavy (non-hydrogen) atoms. The Balaban J connectivity index is 1.62. The number of aromatic nitrogens is 2. The van der Waals surface area contributed by atoms with Crippen LogP contribution in [-0.2, 0) is 30.5 Å². The second-order valence-electron chi connectivity index (χ2n) is 6.87. The monoisotopic (exact) mass is 453 g/mol. The first-order valence-corrected chi connectivity index (χ1v) is 10.2. The van der Waals surface area contributed by atoms with Gasteiger partial charge in [0, 0.05) is 24.7 Å². The fourth-order valence-corrected chi connectivity index (χ4v) is 4.57. The van der Waals surface area contributed by atoms with Gasteiger partial charge >= 0.3 is 17.8 Å². The van der Waals surface area contributed by atoms with E-state index >= 15 is 0 Å². The van der Waals surface area contributed by atoms with Gasteiger partial charge < -0.3 is 25.3 Å². The first-order valence-electron chi connectivity index (χ1n) is 9.11. The Morgan fingerprint density at radius 2 is 2.16 bits per heavy atom. The van der Waals surface area contributed by atoms with Gasteiger partial charge in [-0.3, -0.25) is 19.3 Å². The zero-order valence-corrected chi connectivity index (χ0v) is 17.4. The standard InChI is InChI=1S/C17H19N5O8S/c1-8-5-11(22(28)29)19-20(8)4-3-12(24)18-13-15(25)21-14(17(26)27)10(6-30-9(2)23)7-31-16(13)21/h5,13,16H,3-4,6-7H2,1-2H3,(H,18,24)(H,26,27). The number of thioether (sulfide) groups is 1. The zero-order valence-electron chi connectivity index (χ0n) is 16.6. The molecule has 1 aromatic heterocycles. The van der Waals surface area contributed by atoms with Crippen LogP contribution in [0.4, 0.5) is 5.82 Å². The van der Waals surface area contributed by atoms with Gasteiger partial charge in [-0.2, -0.15) is 4.68 Å². The van der Waals surface area contributed by atoms with Crippen molar-refractivity contribution in [3.05, 3.63) is 33.1 Å². The predicted octanol–water partition coefficient (Wildman–Crippen LogP) is -0.208. The predicted molar refractivity (Wildman–Crippen MR) is 105 cm³/mol. The van der Waals surface area contributed by atoms with Crippen molar-refractivity contribution >= 4 is 41.3 Å². The number of nitrogens with zero attached hydrogens (tertiary/aromatic N) is 4. The number of nitro groups is 1. The molecule has 2 amide bonds. The van der Waals surface area contributed by atoms with Gasteiger partial charge in [0.05, 0.1) is 23.4 Å². The molecule has 166 valence electrons. The van der Waals surface area contributed by atoms with Gasteiger partial charge in [-0.1, -0.05) is 0 Å². The van der Waals surface area contributed by atoms with Crippen LogP contribution in [0.15, 0.2) is 17.3 Å². The van der Waals surface area contributed by atoms with Crippen LogP contribution in [0.5, 0.6) is 0 Å². The van der Waals surface area contributed by atoms with Crippen LogP contribution in [-0.4, -0.2) is 72.2 Å². The van der Waals surface area contributed by atoms with E-state index in [1.165, 1.54) is 29.4 Å². The van der Waals surface area contributed by atoms with E-state index in [4.69, 9.17) is 4.74 Å². The quantitative estimate of drug-likeness (QED) is 0.232. The Kier molecular flexibility index (Phi) is 6.29. The third-order valence-electron chi connectivity index (χ3n) is 4.72. The SMILES string of the molecule is CC(=O)OCC1=C(C(=O)O)N2C(=O)C(NC(=O)CCn3nc([N+](=O)[O-])cc3C)C2SC1. The number of nitrogens with one attached hydrogen (secondary N) is 1. The van der Waals surface area contributed by atoms with E-state index in [1.807, 2.05) is 0 Å². The molecule has 2 N–H and O–H groups in total. The van der Waals surface area contributed by atoms with Gasteiger partial charge in [0.15, 0.2) is 0 Å². The molecule has 0 aromatic carbocycles. The van der Waals surface area contributed by atoms with Crippen LogP contribution in [0.2, 0.25) is 0 Å². The fraction of sp³-hybridized carbons (Fsp3) is 0.471. The number of β-lactam (4-membered cyclic amide) rings is 1. The molecule has 0 bridgehead atoms. The number of esters is 1. The normalized spacial score (nSPS) is 20.1. The van der Waals surface area contributed by atoms with Gasteiger partial charge in [-0.25, -0.2) is 4.79 Å². The Morgan fingerprint density at radius 1 is 1.45 bits per heavy atom. The number of hydrogen-bond donors (Lipinski definition) is 2. The number of aryl methyl sites for hydroxylation is 2. The molecule has 14 heteroatoms. The van der Waals surface area contributed by atoms with Gasteiger partial charge in [0.2, 0.25) is 5.91 Å². The minimum atomic E-state index is -1.32.